The Labute approximate surface area is 645 Å². The molecule has 17 nitrogen and oxygen atoms in total. The van der Waals surface area contributed by atoms with Crippen LogP contribution in [0, 0.1) is 0 Å². The van der Waals surface area contributed by atoms with Crippen molar-refractivity contribution in [3.8, 4) is 0 Å². The van der Waals surface area contributed by atoms with Gasteiger partial charge in [0.1, 0.15) is 19.3 Å². The molecule has 3 N–H and O–H groups in total. The summed E-state index contributed by atoms with van der Waals surface area (Å²) in [6, 6.07) is 0. The van der Waals surface area contributed by atoms with Gasteiger partial charge in [0, 0.05) is 25.7 Å². The molecule has 0 amide bonds. The second kappa shape index (κ2) is 78.8. The molecule has 0 aliphatic rings. The number of ether oxygens (including phenoxy) is 4. The van der Waals surface area contributed by atoms with Gasteiger partial charge in [-0.25, -0.2) is 9.13 Å². The minimum absolute atomic E-state index is 0.0432. The number of carbonyl (C=O) groups is 4. The number of phosphoric acid groups is 2. The topological polar surface area (TPSA) is 237 Å². The van der Waals surface area contributed by atoms with E-state index in [1.807, 2.05) is 12.2 Å². The molecule has 5 atom stereocenters. The molecule has 0 aromatic rings. The fourth-order valence-electron chi connectivity index (χ4n) is 11.4. The Kier molecular flexibility index (Phi) is 75.6. The number of aliphatic hydroxyl groups excluding tert-OH is 1. The molecule has 2 unspecified atom stereocenters. The van der Waals surface area contributed by atoms with Crippen LogP contribution in [-0.2, 0) is 65.4 Å². The first-order valence-corrected chi connectivity index (χ1v) is 45.1. The Bertz CT molecular complexity index is 2430. The Morgan fingerprint density at radius 1 is 0.274 bits per heavy atom. The van der Waals surface area contributed by atoms with Crippen LogP contribution in [0.2, 0.25) is 0 Å². The van der Waals surface area contributed by atoms with Crippen molar-refractivity contribution in [3.63, 3.8) is 0 Å². The highest BCUT2D eigenvalue weighted by atomic mass is 31.2. The average molecular weight is 1530 g/mol. The van der Waals surface area contributed by atoms with Crippen molar-refractivity contribution in [2.45, 2.75) is 380 Å². The molecule has 0 fully saturated rings. The van der Waals surface area contributed by atoms with Crippen LogP contribution in [0.25, 0.3) is 0 Å². The Morgan fingerprint density at radius 2 is 0.500 bits per heavy atom. The van der Waals surface area contributed by atoms with Gasteiger partial charge in [-0.1, -0.05) is 336 Å². The fourth-order valence-corrected chi connectivity index (χ4v) is 12.9. The van der Waals surface area contributed by atoms with Crippen LogP contribution >= 0.6 is 15.6 Å². The molecule has 0 aromatic heterocycles. The van der Waals surface area contributed by atoms with Gasteiger partial charge in [0.05, 0.1) is 26.4 Å². The Balaban J connectivity index is 5.43. The molecular weight excluding hydrogens is 1380 g/mol. The molecule has 0 saturated heterocycles. The van der Waals surface area contributed by atoms with Gasteiger partial charge in [-0.3, -0.25) is 37.3 Å². The highest BCUT2D eigenvalue weighted by molar-refractivity contribution is 7.47. The zero-order chi connectivity index (χ0) is 77.4. The van der Waals surface area contributed by atoms with Crippen molar-refractivity contribution in [3.05, 3.63) is 109 Å². The Hall–Kier alpha value is -4.28. The highest BCUT2D eigenvalue weighted by Crippen LogP contribution is 2.45. The van der Waals surface area contributed by atoms with E-state index in [0.29, 0.717) is 32.1 Å². The number of rotatable bonds is 79. The first kappa shape index (κ1) is 102. The molecule has 19 heteroatoms. The molecule has 0 heterocycles. The standard InChI is InChI=1S/C87H152O17P2/c1-5-9-13-17-21-25-29-33-37-39-40-42-46-50-54-58-62-66-70-74-87(92)104-83(78-98-85(90)72-68-64-60-56-52-48-45-41-38-34-30-26-22-18-14-10-6-2)80-102-106(95,96)100-76-81(88)75-99-105(93,94)101-79-82(103-86(91)73-69-65-61-57-53-49-44-36-32-28-24-20-16-12-8-4)77-97-84(89)71-67-63-59-55-51-47-43-35-31-27-23-19-15-11-7-3/h9,13,21-22,25-26,33-34,37-38,40,42,45,48,50,54,56,60,81-83,88H,5-8,10-12,14-20,23-24,27-32,35-36,39,41,43-44,46-47,49,51-53,55,57-59,61-80H2,1-4H3,(H,93,94)(H,95,96)/b13-9-,25-21-,26-22-,37-33-,38-34-,42-40-,48-45-,54-50-,60-56-/t81-,82+,83+/m0/s1. The highest BCUT2D eigenvalue weighted by Gasteiger charge is 2.30. The third kappa shape index (κ3) is 77.9. The molecule has 0 bridgehead atoms. The molecule has 0 aliphatic carbocycles. The minimum atomic E-state index is -5.00. The smallest absolute Gasteiger partial charge is 0.462 e. The predicted molar refractivity (Wildman–Crippen MR) is 436 cm³/mol. The molecule has 106 heavy (non-hydrogen) atoms. The van der Waals surface area contributed by atoms with Gasteiger partial charge in [0.15, 0.2) is 12.2 Å². The maximum absolute atomic E-state index is 13.1. The van der Waals surface area contributed by atoms with Crippen molar-refractivity contribution in [1.29, 1.82) is 0 Å². The molecule has 0 rings (SSSR count). The van der Waals surface area contributed by atoms with Crippen molar-refractivity contribution in [2.75, 3.05) is 39.6 Å². The van der Waals surface area contributed by atoms with Crippen LogP contribution in [-0.4, -0.2) is 96.7 Å². The van der Waals surface area contributed by atoms with Gasteiger partial charge in [0.2, 0.25) is 0 Å². The lowest BCUT2D eigenvalue weighted by Crippen LogP contribution is -2.30. The maximum atomic E-state index is 13.1. The molecule has 0 aliphatic heterocycles. The number of carbonyl (C=O) groups excluding carboxylic acids is 4. The van der Waals surface area contributed by atoms with Crippen molar-refractivity contribution < 1.29 is 80.2 Å². The number of hydrogen-bond donors (Lipinski definition) is 3. The van der Waals surface area contributed by atoms with Gasteiger partial charge in [-0.05, 0) is 109 Å². The van der Waals surface area contributed by atoms with E-state index in [2.05, 4.69) is 125 Å². The van der Waals surface area contributed by atoms with Gasteiger partial charge < -0.3 is 33.8 Å². The summed E-state index contributed by atoms with van der Waals surface area (Å²) in [7, 11) is -9.98. The van der Waals surface area contributed by atoms with E-state index < -0.39 is 97.5 Å². The van der Waals surface area contributed by atoms with E-state index in [0.717, 1.165) is 122 Å². The van der Waals surface area contributed by atoms with Crippen LogP contribution in [0.15, 0.2) is 109 Å². The lowest BCUT2D eigenvalue weighted by molar-refractivity contribution is -0.161. The summed E-state index contributed by atoms with van der Waals surface area (Å²) in [5.74, 6) is -2.25. The van der Waals surface area contributed by atoms with Gasteiger partial charge >= 0.3 is 39.5 Å². The quantitative estimate of drug-likeness (QED) is 0.0169. The zero-order valence-electron chi connectivity index (χ0n) is 67.1. The number of unbranched alkanes of at least 4 members (excludes halogenated alkanes) is 35. The summed E-state index contributed by atoms with van der Waals surface area (Å²) < 4.78 is 68.7. The first-order chi connectivity index (χ1) is 51.7. The lowest BCUT2D eigenvalue weighted by atomic mass is 10.0. The summed E-state index contributed by atoms with van der Waals surface area (Å²) in [6.07, 6.45) is 86.3. The average Bonchev–Trinajstić information content (AvgIpc) is 0.902. The van der Waals surface area contributed by atoms with E-state index in [1.54, 1.807) is 0 Å². The number of allylic oxidation sites excluding steroid dienone is 18. The predicted octanol–water partition coefficient (Wildman–Crippen LogP) is 24.9. The van der Waals surface area contributed by atoms with Gasteiger partial charge in [-0.2, -0.15) is 0 Å². The van der Waals surface area contributed by atoms with E-state index in [4.69, 9.17) is 37.0 Å². The van der Waals surface area contributed by atoms with Crippen LogP contribution in [0.5, 0.6) is 0 Å². The second-order valence-corrected chi connectivity index (χ2v) is 31.0. The van der Waals surface area contributed by atoms with E-state index in [1.165, 1.54) is 154 Å². The maximum Gasteiger partial charge on any atom is 0.472 e. The van der Waals surface area contributed by atoms with E-state index in [9.17, 15) is 43.2 Å². The SMILES string of the molecule is CC/C=C\C/C=C\C/C=C\C/C=C\C/C=C\CCCCCC(=O)O[C@H](COC(=O)CCC/C=C\C/C=C\C/C=C\C/C=C\CCCCC)COP(=O)(O)OC[C@@H](O)COP(=O)(O)OC[C@@H](COC(=O)CCCCCCCCCCCCCCCCC)OC(=O)CCCCCCCCCCCCCCCCC. The van der Waals surface area contributed by atoms with Crippen molar-refractivity contribution >= 4 is 39.5 Å². The fraction of sp³-hybridized carbons (Fsp3) is 0.747. The second-order valence-electron chi connectivity index (χ2n) is 28.1. The largest absolute Gasteiger partial charge is 0.472 e. The van der Waals surface area contributed by atoms with Crippen molar-refractivity contribution in [1.82, 2.24) is 0 Å². The lowest BCUT2D eigenvalue weighted by Gasteiger charge is -2.21. The third-order valence-corrected chi connectivity index (χ3v) is 19.7. The molecule has 0 aromatic carbocycles. The molecule has 0 saturated carbocycles. The monoisotopic (exact) mass is 1530 g/mol. The summed E-state index contributed by atoms with van der Waals surface area (Å²) in [6.45, 7) is 4.70. The van der Waals surface area contributed by atoms with Gasteiger partial charge in [-0.15, -0.1) is 0 Å². The zero-order valence-corrected chi connectivity index (χ0v) is 68.9. The van der Waals surface area contributed by atoms with Gasteiger partial charge in [0.25, 0.3) is 0 Å². The molecule has 0 spiro atoms. The summed E-state index contributed by atoms with van der Waals surface area (Å²) >= 11 is 0. The number of aliphatic hydroxyl groups is 1. The number of esters is 4. The number of hydrogen-bond acceptors (Lipinski definition) is 15. The van der Waals surface area contributed by atoms with Crippen LogP contribution in [0.1, 0.15) is 362 Å². The third-order valence-electron chi connectivity index (χ3n) is 17.8. The van der Waals surface area contributed by atoms with E-state index in [-0.39, 0.29) is 25.7 Å². The van der Waals surface area contributed by atoms with Crippen LogP contribution < -0.4 is 0 Å². The molecular formula is C87H152O17P2. The normalized spacial score (nSPS) is 14.4. The molecule has 612 valence electrons. The van der Waals surface area contributed by atoms with E-state index >= 15 is 0 Å². The molecule has 0 radical (unpaired) electrons. The first-order valence-electron chi connectivity index (χ1n) is 42.1. The minimum Gasteiger partial charge on any atom is -0.462 e. The van der Waals surface area contributed by atoms with Crippen LogP contribution in [0.4, 0.5) is 0 Å². The van der Waals surface area contributed by atoms with Crippen molar-refractivity contribution in [2.24, 2.45) is 0 Å². The summed E-state index contributed by atoms with van der Waals surface area (Å²) in [5, 5.41) is 10.7. The Morgan fingerprint density at radius 3 is 0.811 bits per heavy atom. The summed E-state index contributed by atoms with van der Waals surface area (Å²) in [5.41, 5.74) is 0. The number of phosphoric ester groups is 2. The van der Waals surface area contributed by atoms with Crippen LogP contribution in [0.3, 0.4) is 0 Å². The summed E-state index contributed by atoms with van der Waals surface area (Å²) in [4.78, 5) is 73.1.